The fourth-order valence-electron chi connectivity index (χ4n) is 0.851. The minimum absolute atomic E-state index is 0.163. The molecule has 1 heterocycles. The molecule has 0 unspecified atom stereocenters. The molecule has 1 aromatic rings. The van der Waals surface area contributed by atoms with Gasteiger partial charge in [0.2, 0.25) is 0 Å². The number of amides is 2. The summed E-state index contributed by atoms with van der Waals surface area (Å²) in [6.07, 6.45) is 1.62. The molecule has 2 amide bonds. The summed E-state index contributed by atoms with van der Waals surface area (Å²) in [7, 11) is 3.27. The lowest BCUT2D eigenvalue weighted by Crippen LogP contribution is -2.34. The second-order valence-corrected chi connectivity index (χ2v) is 3.27. The van der Waals surface area contributed by atoms with Crippen molar-refractivity contribution < 1.29 is 4.79 Å². The van der Waals surface area contributed by atoms with Gasteiger partial charge in [-0.1, -0.05) is 0 Å². The van der Waals surface area contributed by atoms with Crippen LogP contribution in [0.5, 0.6) is 0 Å². The van der Waals surface area contributed by atoms with Crippen LogP contribution in [0.15, 0.2) is 22.9 Å². The highest BCUT2D eigenvalue weighted by molar-refractivity contribution is 9.10. The van der Waals surface area contributed by atoms with Gasteiger partial charge in [-0.05, 0) is 28.1 Å². The topological polar surface area (TPSA) is 45.2 Å². The Bertz CT molecular complexity index is 299. The highest BCUT2D eigenvalue weighted by Crippen LogP contribution is 2.13. The Hall–Kier alpha value is -1.10. The fourth-order valence-corrected chi connectivity index (χ4v) is 1.09. The number of rotatable bonds is 1. The van der Waals surface area contributed by atoms with Crippen molar-refractivity contribution in [2.75, 3.05) is 19.0 Å². The summed E-state index contributed by atoms with van der Waals surface area (Å²) in [6, 6.07) is 3.44. The van der Waals surface area contributed by atoms with E-state index < -0.39 is 0 Å². The van der Waals surface area contributed by atoms with Gasteiger partial charge in [-0.15, -0.1) is 0 Å². The third-order valence-corrected chi connectivity index (χ3v) is 2.09. The third-order valence-electron chi connectivity index (χ3n) is 1.62. The van der Waals surface area contributed by atoms with Crippen molar-refractivity contribution in [1.82, 2.24) is 10.3 Å². The van der Waals surface area contributed by atoms with Crippen LogP contribution in [0.3, 0.4) is 0 Å². The standard InChI is InChI=1S/C8H10BrN3O/c1-10-8(13)12(2)6-3-4-7(9)11-5-6/h3-5H,1-2H3,(H,10,13). The summed E-state index contributed by atoms with van der Waals surface area (Å²) in [5.74, 6) is 0. The minimum Gasteiger partial charge on any atom is -0.341 e. The number of carbonyl (C=O) groups excluding carboxylic acids is 1. The van der Waals surface area contributed by atoms with Crippen LogP contribution < -0.4 is 10.2 Å². The number of nitrogens with one attached hydrogen (secondary N) is 1. The Morgan fingerprint density at radius 1 is 1.62 bits per heavy atom. The number of aromatic nitrogens is 1. The van der Waals surface area contributed by atoms with E-state index in [0.717, 1.165) is 10.3 Å². The lowest BCUT2D eigenvalue weighted by molar-refractivity contribution is 0.249. The highest BCUT2D eigenvalue weighted by atomic mass is 79.9. The number of urea groups is 1. The zero-order chi connectivity index (χ0) is 9.84. The Kier molecular flexibility index (Phi) is 3.25. The third kappa shape index (κ3) is 2.42. The molecule has 0 aliphatic rings. The van der Waals surface area contributed by atoms with Gasteiger partial charge >= 0.3 is 6.03 Å². The molecule has 0 saturated carbocycles. The average molecular weight is 244 g/mol. The van der Waals surface area contributed by atoms with Crippen molar-refractivity contribution in [1.29, 1.82) is 0 Å². The van der Waals surface area contributed by atoms with Crippen molar-refractivity contribution in [3.63, 3.8) is 0 Å². The van der Waals surface area contributed by atoms with Crippen LogP contribution in [0.2, 0.25) is 0 Å². The molecule has 0 saturated heterocycles. The molecule has 0 radical (unpaired) electrons. The van der Waals surface area contributed by atoms with Gasteiger partial charge in [-0.3, -0.25) is 4.90 Å². The molecule has 0 fully saturated rings. The van der Waals surface area contributed by atoms with Crippen LogP contribution in [0.25, 0.3) is 0 Å². The molecule has 13 heavy (non-hydrogen) atoms. The number of anilines is 1. The van der Waals surface area contributed by atoms with Gasteiger partial charge < -0.3 is 5.32 Å². The normalized spacial score (nSPS) is 9.46. The van der Waals surface area contributed by atoms with Crippen LogP contribution in [0, 0.1) is 0 Å². The van der Waals surface area contributed by atoms with Gasteiger partial charge in [0, 0.05) is 14.1 Å². The van der Waals surface area contributed by atoms with Gasteiger partial charge in [-0.25, -0.2) is 9.78 Å². The highest BCUT2D eigenvalue weighted by Gasteiger charge is 2.07. The largest absolute Gasteiger partial charge is 0.341 e. The van der Waals surface area contributed by atoms with E-state index >= 15 is 0 Å². The molecule has 0 aromatic carbocycles. The zero-order valence-electron chi connectivity index (χ0n) is 7.41. The van der Waals surface area contributed by atoms with E-state index in [1.165, 1.54) is 4.90 Å². The van der Waals surface area contributed by atoms with E-state index in [1.54, 1.807) is 26.4 Å². The first-order valence-electron chi connectivity index (χ1n) is 3.72. The number of nitrogens with zero attached hydrogens (tertiary/aromatic N) is 2. The zero-order valence-corrected chi connectivity index (χ0v) is 9.00. The predicted molar refractivity (Wildman–Crippen MR) is 54.8 cm³/mol. The van der Waals surface area contributed by atoms with E-state index in [9.17, 15) is 4.79 Å². The molecular formula is C8H10BrN3O. The van der Waals surface area contributed by atoms with Crippen molar-refractivity contribution >= 4 is 27.6 Å². The lowest BCUT2D eigenvalue weighted by Gasteiger charge is -2.15. The maximum absolute atomic E-state index is 11.2. The number of hydrogen-bond acceptors (Lipinski definition) is 2. The van der Waals surface area contributed by atoms with E-state index in [4.69, 9.17) is 0 Å². The summed E-state index contributed by atoms with van der Waals surface area (Å²) in [6.45, 7) is 0. The summed E-state index contributed by atoms with van der Waals surface area (Å²) in [5, 5.41) is 2.53. The Morgan fingerprint density at radius 3 is 2.77 bits per heavy atom. The van der Waals surface area contributed by atoms with Crippen LogP contribution in [-0.4, -0.2) is 25.1 Å². The van der Waals surface area contributed by atoms with Gasteiger partial charge in [0.15, 0.2) is 0 Å². The van der Waals surface area contributed by atoms with Crippen LogP contribution >= 0.6 is 15.9 Å². The summed E-state index contributed by atoms with van der Waals surface area (Å²) in [4.78, 5) is 16.7. The first-order valence-corrected chi connectivity index (χ1v) is 4.51. The fraction of sp³-hybridized carbons (Fsp3) is 0.250. The molecule has 1 N–H and O–H groups in total. The second-order valence-electron chi connectivity index (χ2n) is 2.45. The van der Waals surface area contributed by atoms with E-state index in [2.05, 4.69) is 26.2 Å². The van der Waals surface area contributed by atoms with Crippen molar-refractivity contribution in [3.8, 4) is 0 Å². The Labute approximate surface area is 85.1 Å². The van der Waals surface area contributed by atoms with Crippen LogP contribution in [0.4, 0.5) is 10.5 Å². The van der Waals surface area contributed by atoms with Gasteiger partial charge in [0.05, 0.1) is 11.9 Å². The minimum atomic E-state index is -0.163. The van der Waals surface area contributed by atoms with Gasteiger partial charge in [-0.2, -0.15) is 0 Å². The first kappa shape index (κ1) is 9.98. The molecule has 5 heteroatoms. The molecule has 70 valence electrons. The maximum Gasteiger partial charge on any atom is 0.321 e. The van der Waals surface area contributed by atoms with Gasteiger partial charge in [0.1, 0.15) is 4.60 Å². The van der Waals surface area contributed by atoms with E-state index in [0.29, 0.717) is 0 Å². The first-order chi connectivity index (χ1) is 6.15. The van der Waals surface area contributed by atoms with E-state index in [-0.39, 0.29) is 6.03 Å². The predicted octanol–water partition coefficient (Wildman–Crippen LogP) is 1.62. The number of hydrogen-bond donors (Lipinski definition) is 1. The molecule has 0 aliphatic heterocycles. The van der Waals surface area contributed by atoms with Crippen LogP contribution in [0.1, 0.15) is 0 Å². The van der Waals surface area contributed by atoms with E-state index in [1.807, 2.05) is 6.07 Å². The molecule has 4 nitrogen and oxygen atoms in total. The molecule has 0 bridgehead atoms. The van der Waals surface area contributed by atoms with Crippen LogP contribution in [-0.2, 0) is 0 Å². The summed E-state index contributed by atoms with van der Waals surface area (Å²) in [5.41, 5.74) is 0.752. The van der Waals surface area contributed by atoms with Crippen molar-refractivity contribution in [3.05, 3.63) is 22.9 Å². The van der Waals surface area contributed by atoms with Gasteiger partial charge in [0.25, 0.3) is 0 Å². The molecular weight excluding hydrogens is 234 g/mol. The Morgan fingerprint density at radius 2 is 2.31 bits per heavy atom. The summed E-state index contributed by atoms with van der Waals surface area (Å²) < 4.78 is 0.751. The summed E-state index contributed by atoms with van der Waals surface area (Å²) >= 11 is 3.22. The second kappa shape index (κ2) is 4.23. The maximum atomic E-state index is 11.2. The quantitative estimate of drug-likeness (QED) is 0.763. The van der Waals surface area contributed by atoms with Crippen molar-refractivity contribution in [2.45, 2.75) is 0 Å². The molecule has 0 atom stereocenters. The Balaban J connectivity index is 2.83. The molecule has 0 spiro atoms. The average Bonchev–Trinajstić information content (AvgIpc) is 2.17. The monoisotopic (exact) mass is 243 g/mol. The van der Waals surface area contributed by atoms with Crippen molar-refractivity contribution in [2.24, 2.45) is 0 Å². The molecule has 1 rings (SSSR count). The SMILES string of the molecule is CNC(=O)N(C)c1ccc(Br)nc1. The lowest BCUT2D eigenvalue weighted by atomic mass is 10.4. The number of carbonyl (C=O) groups is 1. The molecule has 1 aromatic heterocycles. The number of halogens is 1. The smallest absolute Gasteiger partial charge is 0.321 e. The number of pyridine rings is 1. The molecule has 0 aliphatic carbocycles.